The third-order valence-corrected chi connectivity index (χ3v) is 5.03. The number of ether oxygens (including phenoxy) is 1. The lowest BCUT2D eigenvalue weighted by Gasteiger charge is -2.24. The van der Waals surface area contributed by atoms with Gasteiger partial charge in [0.15, 0.2) is 5.75 Å². The van der Waals surface area contributed by atoms with Crippen molar-refractivity contribution < 1.29 is 19.5 Å². The van der Waals surface area contributed by atoms with E-state index >= 15 is 0 Å². The molecule has 2 aromatic rings. The molecule has 0 saturated heterocycles. The fourth-order valence-electron chi connectivity index (χ4n) is 3.00. The summed E-state index contributed by atoms with van der Waals surface area (Å²) in [4.78, 5) is 17.8. The molecule has 9 heteroatoms. The molecule has 1 atom stereocenters. The number of hydrogen-bond acceptors (Lipinski definition) is 6. The average Bonchev–Trinajstić information content (AvgIpc) is 2.73. The zero-order chi connectivity index (χ0) is 22.2. The van der Waals surface area contributed by atoms with E-state index in [4.69, 9.17) is 32.8 Å². The molecule has 0 saturated carbocycles. The predicted octanol–water partition coefficient (Wildman–Crippen LogP) is 4.55. The number of anilines is 1. The van der Waals surface area contributed by atoms with Gasteiger partial charge in [0, 0.05) is 19.2 Å². The Balaban J connectivity index is 1.53. The van der Waals surface area contributed by atoms with E-state index in [9.17, 15) is 9.90 Å². The minimum atomic E-state index is -0.564. The number of para-hydroxylation sites is 1. The second-order valence-corrected chi connectivity index (χ2v) is 7.93. The van der Waals surface area contributed by atoms with Crippen molar-refractivity contribution in [3.05, 3.63) is 52.5 Å². The van der Waals surface area contributed by atoms with Crippen molar-refractivity contribution in [2.24, 2.45) is 5.10 Å². The van der Waals surface area contributed by atoms with Gasteiger partial charge in [-0.1, -0.05) is 35.3 Å². The van der Waals surface area contributed by atoms with Crippen LogP contribution in [0.1, 0.15) is 26.2 Å². The monoisotopic (exact) mass is 465 g/mol. The summed E-state index contributed by atoms with van der Waals surface area (Å²) >= 11 is 12.5. The van der Waals surface area contributed by atoms with Gasteiger partial charge in [0.05, 0.1) is 35.0 Å². The van der Waals surface area contributed by atoms with E-state index in [1.165, 1.54) is 5.01 Å². The van der Waals surface area contributed by atoms with Crippen LogP contribution in [-0.4, -0.2) is 48.1 Å². The summed E-state index contributed by atoms with van der Waals surface area (Å²) in [5, 5.41) is 17.8. The first kappa shape index (κ1) is 23.3. The van der Waals surface area contributed by atoms with Crippen LogP contribution in [0.25, 0.3) is 0 Å². The Morgan fingerprint density at radius 2 is 2.00 bits per heavy atom. The molecule has 1 amide bonds. The van der Waals surface area contributed by atoms with Crippen molar-refractivity contribution in [2.75, 3.05) is 24.7 Å². The summed E-state index contributed by atoms with van der Waals surface area (Å²) in [7, 11) is 0. The van der Waals surface area contributed by atoms with Crippen LogP contribution in [0.15, 0.2) is 47.6 Å². The van der Waals surface area contributed by atoms with Crippen molar-refractivity contribution in [3.8, 4) is 11.5 Å². The Morgan fingerprint density at radius 1 is 1.19 bits per heavy atom. The van der Waals surface area contributed by atoms with Crippen molar-refractivity contribution in [3.63, 3.8) is 0 Å². The van der Waals surface area contributed by atoms with E-state index < -0.39 is 6.10 Å². The lowest BCUT2D eigenvalue weighted by molar-refractivity contribution is -0.118. The van der Waals surface area contributed by atoms with E-state index in [2.05, 4.69) is 5.10 Å². The first-order chi connectivity index (χ1) is 14.9. The summed E-state index contributed by atoms with van der Waals surface area (Å²) in [6.45, 7) is 2.92. The number of hydrazone groups is 1. The second-order valence-electron chi connectivity index (χ2n) is 7.12. The van der Waals surface area contributed by atoms with E-state index in [0.29, 0.717) is 66.2 Å². The van der Waals surface area contributed by atoms with Crippen molar-refractivity contribution >= 4 is 41.0 Å². The third-order valence-electron chi connectivity index (χ3n) is 4.42. The van der Waals surface area contributed by atoms with Gasteiger partial charge in [-0.15, -0.1) is 5.06 Å². The lowest BCUT2D eigenvalue weighted by Crippen LogP contribution is -2.35. The number of hydroxylamine groups is 2. The highest BCUT2D eigenvalue weighted by Gasteiger charge is 2.18. The molecule has 1 unspecified atom stereocenters. The number of hydrogen-bond donors (Lipinski definition) is 1. The van der Waals surface area contributed by atoms with Gasteiger partial charge >= 0.3 is 0 Å². The van der Waals surface area contributed by atoms with E-state index in [1.54, 1.807) is 48.5 Å². The Labute approximate surface area is 191 Å². The smallest absolute Gasteiger partial charge is 0.247 e. The Bertz CT molecular complexity index is 923. The van der Waals surface area contributed by atoms with Gasteiger partial charge in [0.2, 0.25) is 5.91 Å². The van der Waals surface area contributed by atoms with Gasteiger partial charge < -0.3 is 14.7 Å². The summed E-state index contributed by atoms with van der Waals surface area (Å²) in [5.41, 5.74) is 0.606. The lowest BCUT2D eigenvalue weighted by atomic mass is 10.2. The fraction of sp³-hybridized carbons (Fsp3) is 0.364. The number of halogens is 2. The number of benzene rings is 2. The molecule has 0 fully saturated rings. The molecule has 0 radical (unpaired) electrons. The Morgan fingerprint density at radius 3 is 2.71 bits per heavy atom. The fourth-order valence-corrected chi connectivity index (χ4v) is 3.40. The molecule has 3 rings (SSSR count). The maximum atomic E-state index is 12.0. The van der Waals surface area contributed by atoms with Crippen LogP contribution in [0, 0.1) is 0 Å². The number of carbonyl (C=O) groups excluding carboxylic acids is 1. The molecular weight excluding hydrogens is 441 g/mol. The molecule has 1 heterocycles. The topological polar surface area (TPSA) is 74.6 Å². The third kappa shape index (κ3) is 6.83. The van der Waals surface area contributed by atoms with Crippen LogP contribution in [-0.2, 0) is 4.79 Å². The van der Waals surface area contributed by atoms with E-state index in [1.807, 2.05) is 12.1 Å². The number of amides is 1. The van der Waals surface area contributed by atoms with Crippen LogP contribution < -0.4 is 14.6 Å². The predicted molar refractivity (Wildman–Crippen MR) is 122 cm³/mol. The normalized spacial score (nSPS) is 14.7. The molecule has 0 bridgehead atoms. The van der Waals surface area contributed by atoms with E-state index in [-0.39, 0.29) is 5.91 Å². The quantitative estimate of drug-likeness (QED) is 0.411. The molecule has 1 aliphatic rings. The highest BCUT2D eigenvalue weighted by molar-refractivity contribution is 6.32. The number of carbonyl (C=O) groups is 1. The molecular formula is C22H25Cl2N3O4. The largest absolute Gasteiger partial charge is 0.492 e. The highest BCUT2D eigenvalue weighted by Crippen LogP contribution is 2.31. The van der Waals surface area contributed by atoms with Gasteiger partial charge in [-0.3, -0.25) is 4.79 Å². The van der Waals surface area contributed by atoms with Crippen LogP contribution >= 0.6 is 23.2 Å². The van der Waals surface area contributed by atoms with Crippen molar-refractivity contribution in [1.29, 1.82) is 0 Å². The number of rotatable bonds is 10. The molecule has 0 spiro atoms. The molecule has 31 heavy (non-hydrogen) atoms. The van der Waals surface area contributed by atoms with Gasteiger partial charge in [0.25, 0.3) is 0 Å². The summed E-state index contributed by atoms with van der Waals surface area (Å²) in [6.07, 6.45) is 2.86. The maximum absolute atomic E-state index is 12.0. The van der Waals surface area contributed by atoms with Crippen molar-refractivity contribution in [1.82, 2.24) is 5.06 Å². The second kappa shape index (κ2) is 11.3. The molecule has 0 aromatic heterocycles. The standard InChI is InChI=1S/C22H25Cl2N3O4/c1-16(28)15-26(31-21-7-3-2-6-18(21)23)12-5-13-30-20-10-9-17(14-19(20)24)27-22(29)8-4-11-25-27/h2-3,6-7,9-11,14,16,28H,4-5,8,12-13,15H2,1H3. The van der Waals surface area contributed by atoms with Crippen LogP contribution in [0.3, 0.4) is 0 Å². The van der Waals surface area contributed by atoms with Crippen LogP contribution in [0.2, 0.25) is 10.0 Å². The molecule has 2 aromatic carbocycles. The van der Waals surface area contributed by atoms with Gasteiger partial charge in [-0.25, -0.2) is 5.01 Å². The minimum Gasteiger partial charge on any atom is -0.492 e. The molecule has 0 aliphatic carbocycles. The van der Waals surface area contributed by atoms with Gasteiger partial charge in [-0.05, 0) is 50.1 Å². The Hall–Kier alpha value is -2.32. The molecule has 1 N–H and O–H groups in total. The Kier molecular flexibility index (Phi) is 8.54. The highest BCUT2D eigenvalue weighted by atomic mass is 35.5. The SMILES string of the molecule is CC(O)CN(CCCOc1ccc(N2N=CCCC2=O)cc1Cl)Oc1ccccc1Cl. The molecule has 1 aliphatic heterocycles. The van der Waals surface area contributed by atoms with Crippen LogP contribution in [0.4, 0.5) is 5.69 Å². The number of aliphatic hydroxyl groups excluding tert-OH is 1. The van der Waals surface area contributed by atoms with Crippen molar-refractivity contribution in [2.45, 2.75) is 32.3 Å². The van der Waals surface area contributed by atoms with Gasteiger partial charge in [-0.2, -0.15) is 5.10 Å². The molecule has 7 nitrogen and oxygen atoms in total. The summed E-state index contributed by atoms with van der Waals surface area (Å²) in [5.74, 6) is 0.983. The average molecular weight is 466 g/mol. The van der Waals surface area contributed by atoms with Gasteiger partial charge in [0.1, 0.15) is 5.75 Å². The summed E-state index contributed by atoms with van der Waals surface area (Å²) in [6, 6.07) is 12.3. The zero-order valence-corrected chi connectivity index (χ0v) is 18.7. The van der Waals surface area contributed by atoms with Crippen LogP contribution in [0.5, 0.6) is 11.5 Å². The van der Waals surface area contributed by atoms with E-state index in [0.717, 1.165) is 0 Å². The summed E-state index contributed by atoms with van der Waals surface area (Å²) < 4.78 is 5.79. The minimum absolute atomic E-state index is 0.0658. The number of nitrogens with zero attached hydrogens (tertiary/aromatic N) is 3. The first-order valence-electron chi connectivity index (χ1n) is 10.1. The zero-order valence-electron chi connectivity index (χ0n) is 17.2. The maximum Gasteiger partial charge on any atom is 0.247 e. The number of aliphatic hydroxyl groups is 1. The first-order valence-corrected chi connectivity index (χ1v) is 10.8. The molecule has 166 valence electrons.